The second kappa shape index (κ2) is 7.72. The van der Waals surface area contributed by atoms with Gasteiger partial charge in [0.05, 0.1) is 11.3 Å². The molecule has 2 amide bonds. The van der Waals surface area contributed by atoms with Gasteiger partial charge in [-0.1, -0.05) is 11.6 Å². The van der Waals surface area contributed by atoms with Crippen molar-refractivity contribution in [2.75, 3.05) is 19.0 Å². The number of rotatable bonds is 6. The van der Waals surface area contributed by atoms with Crippen LogP contribution >= 0.6 is 11.6 Å². The molecule has 0 aliphatic rings. The van der Waals surface area contributed by atoms with E-state index < -0.39 is 12.0 Å². The van der Waals surface area contributed by atoms with Crippen molar-refractivity contribution in [3.05, 3.63) is 28.8 Å². The summed E-state index contributed by atoms with van der Waals surface area (Å²) < 4.78 is 4.91. The summed E-state index contributed by atoms with van der Waals surface area (Å²) in [6.07, 6.45) is 0.658. The molecule has 6 nitrogen and oxygen atoms in total. The highest BCUT2D eigenvalue weighted by Gasteiger charge is 2.14. The zero-order valence-corrected chi connectivity index (χ0v) is 12.0. The fourth-order valence-electron chi connectivity index (χ4n) is 1.56. The van der Waals surface area contributed by atoms with Gasteiger partial charge in [-0.2, -0.15) is 0 Å². The van der Waals surface area contributed by atoms with Crippen LogP contribution in [0.1, 0.15) is 23.7 Å². The summed E-state index contributed by atoms with van der Waals surface area (Å²) in [5, 5.41) is 14.5. The third-order valence-corrected chi connectivity index (χ3v) is 2.83. The Hall–Kier alpha value is -1.79. The van der Waals surface area contributed by atoms with E-state index >= 15 is 0 Å². The minimum atomic E-state index is -1.13. The molecule has 1 unspecified atom stereocenters. The number of carbonyl (C=O) groups is 2. The van der Waals surface area contributed by atoms with Gasteiger partial charge in [0, 0.05) is 24.8 Å². The van der Waals surface area contributed by atoms with Gasteiger partial charge in [-0.15, -0.1) is 0 Å². The molecular formula is C13H17ClN2O4. The molecule has 0 saturated carbocycles. The molecule has 0 radical (unpaired) electrons. The first kappa shape index (κ1) is 16.3. The predicted octanol–water partition coefficient (Wildman–Crippen LogP) is 2.58. The lowest BCUT2D eigenvalue weighted by molar-refractivity contribution is 0.0698. The quantitative estimate of drug-likeness (QED) is 0.753. The number of carboxylic acids is 1. The highest BCUT2D eigenvalue weighted by molar-refractivity contribution is 6.31. The van der Waals surface area contributed by atoms with Crippen LogP contribution in [0.25, 0.3) is 0 Å². The second-order valence-corrected chi connectivity index (χ2v) is 4.71. The standard InChI is InChI=1S/C13H17ClN2O4/c1-8(5-6-20-2)15-13(19)16-11-7-9(14)3-4-10(11)12(17)18/h3-4,7-8H,5-6H2,1-2H3,(H,17,18)(H2,15,16,19). The lowest BCUT2D eigenvalue weighted by Gasteiger charge is -2.15. The van der Waals surface area contributed by atoms with E-state index in [9.17, 15) is 9.59 Å². The first-order chi connectivity index (χ1) is 9.43. The summed E-state index contributed by atoms with van der Waals surface area (Å²) in [6, 6.07) is 3.61. The van der Waals surface area contributed by atoms with Crippen LogP contribution < -0.4 is 10.6 Å². The zero-order chi connectivity index (χ0) is 15.1. The molecule has 1 aromatic carbocycles. The van der Waals surface area contributed by atoms with E-state index in [4.69, 9.17) is 21.4 Å². The fourth-order valence-corrected chi connectivity index (χ4v) is 1.73. The topological polar surface area (TPSA) is 87.7 Å². The highest BCUT2D eigenvalue weighted by Crippen LogP contribution is 2.21. The van der Waals surface area contributed by atoms with Crippen LogP contribution in [0.4, 0.5) is 10.5 Å². The number of aromatic carboxylic acids is 1. The average molecular weight is 301 g/mol. The molecule has 0 fully saturated rings. The number of anilines is 1. The van der Waals surface area contributed by atoms with Gasteiger partial charge in [0.1, 0.15) is 0 Å². The molecule has 20 heavy (non-hydrogen) atoms. The first-order valence-electron chi connectivity index (χ1n) is 6.03. The summed E-state index contributed by atoms with van der Waals surface area (Å²) in [4.78, 5) is 22.8. The van der Waals surface area contributed by atoms with E-state index in [1.807, 2.05) is 6.92 Å². The number of amides is 2. The highest BCUT2D eigenvalue weighted by atomic mass is 35.5. The first-order valence-corrected chi connectivity index (χ1v) is 6.41. The molecule has 0 aliphatic carbocycles. The maximum absolute atomic E-state index is 11.8. The Labute approximate surface area is 122 Å². The molecule has 3 N–H and O–H groups in total. The van der Waals surface area contributed by atoms with Crippen molar-refractivity contribution in [3.63, 3.8) is 0 Å². The Morgan fingerprint density at radius 2 is 2.15 bits per heavy atom. The maximum Gasteiger partial charge on any atom is 0.337 e. The van der Waals surface area contributed by atoms with Crippen LogP contribution in [0.15, 0.2) is 18.2 Å². The van der Waals surface area contributed by atoms with Crippen molar-refractivity contribution in [1.82, 2.24) is 5.32 Å². The van der Waals surface area contributed by atoms with E-state index in [0.717, 1.165) is 0 Å². The van der Waals surface area contributed by atoms with Crippen LogP contribution in [-0.2, 0) is 4.74 Å². The van der Waals surface area contributed by atoms with Crippen LogP contribution in [0.5, 0.6) is 0 Å². The van der Waals surface area contributed by atoms with E-state index in [1.165, 1.54) is 18.2 Å². The summed E-state index contributed by atoms with van der Waals surface area (Å²) in [5.41, 5.74) is 0.135. The summed E-state index contributed by atoms with van der Waals surface area (Å²) in [7, 11) is 1.58. The molecule has 1 rings (SSSR count). The largest absolute Gasteiger partial charge is 0.478 e. The van der Waals surface area contributed by atoms with Gasteiger partial charge in [0.25, 0.3) is 0 Å². The zero-order valence-electron chi connectivity index (χ0n) is 11.3. The Bertz CT molecular complexity index is 493. The van der Waals surface area contributed by atoms with Gasteiger partial charge in [0.15, 0.2) is 0 Å². The summed E-state index contributed by atoms with van der Waals surface area (Å²) >= 11 is 5.80. The normalized spacial score (nSPS) is 11.8. The molecular weight excluding hydrogens is 284 g/mol. The number of hydrogen-bond acceptors (Lipinski definition) is 3. The molecule has 0 aliphatic heterocycles. The van der Waals surface area contributed by atoms with Gasteiger partial charge in [-0.3, -0.25) is 0 Å². The number of methoxy groups -OCH3 is 1. The number of carbonyl (C=O) groups excluding carboxylic acids is 1. The van der Waals surface area contributed by atoms with Gasteiger partial charge < -0.3 is 20.5 Å². The monoisotopic (exact) mass is 300 g/mol. The van der Waals surface area contributed by atoms with E-state index in [0.29, 0.717) is 18.1 Å². The number of ether oxygens (including phenoxy) is 1. The molecule has 0 bridgehead atoms. The third kappa shape index (κ3) is 5.07. The van der Waals surface area contributed by atoms with Crippen LogP contribution in [-0.4, -0.2) is 36.9 Å². The number of hydrogen-bond donors (Lipinski definition) is 3. The third-order valence-electron chi connectivity index (χ3n) is 2.59. The predicted molar refractivity (Wildman–Crippen MR) is 76.5 cm³/mol. The average Bonchev–Trinajstić information content (AvgIpc) is 2.35. The Balaban J connectivity index is 2.70. The number of benzene rings is 1. The van der Waals surface area contributed by atoms with Crippen molar-refractivity contribution >= 4 is 29.3 Å². The van der Waals surface area contributed by atoms with Gasteiger partial charge in [0.2, 0.25) is 0 Å². The van der Waals surface area contributed by atoms with E-state index in [-0.39, 0.29) is 17.3 Å². The number of urea groups is 1. The van der Waals surface area contributed by atoms with Gasteiger partial charge >= 0.3 is 12.0 Å². The van der Waals surface area contributed by atoms with Crippen LogP contribution in [0, 0.1) is 0 Å². The number of nitrogens with one attached hydrogen (secondary N) is 2. The molecule has 7 heteroatoms. The van der Waals surface area contributed by atoms with Crippen LogP contribution in [0.3, 0.4) is 0 Å². The number of halogens is 1. The molecule has 0 aromatic heterocycles. The SMILES string of the molecule is COCCC(C)NC(=O)Nc1cc(Cl)ccc1C(=O)O. The lowest BCUT2D eigenvalue weighted by Crippen LogP contribution is -2.37. The minimum absolute atomic E-state index is 0.0194. The smallest absolute Gasteiger partial charge is 0.337 e. The molecule has 1 aromatic rings. The van der Waals surface area contributed by atoms with Crippen molar-refractivity contribution in [3.8, 4) is 0 Å². The van der Waals surface area contributed by atoms with Crippen molar-refractivity contribution in [1.29, 1.82) is 0 Å². The van der Waals surface area contributed by atoms with Crippen molar-refractivity contribution in [2.24, 2.45) is 0 Å². The molecule has 1 atom stereocenters. The Morgan fingerprint density at radius 1 is 1.45 bits per heavy atom. The maximum atomic E-state index is 11.8. The van der Waals surface area contributed by atoms with Gasteiger partial charge in [-0.05, 0) is 31.5 Å². The van der Waals surface area contributed by atoms with E-state index in [2.05, 4.69) is 10.6 Å². The second-order valence-electron chi connectivity index (χ2n) is 4.28. The molecule has 0 heterocycles. The fraction of sp³-hybridized carbons (Fsp3) is 0.385. The molecule has 0 saturated heterocycles. The number of carboxylic acid groups (broad SMARTS) is 1. The molecule has 110 valence electrons. The van der Waals surface area contributed by atoms with Crippen molar-refractivity contribution < 1.29 is 19.4 Å². The minimum Gasteiger partial charge on any atom is -0.478 e. The Kier molecular flexibility index (Phi) is 6.27. The summed E-state index contributed by atoms with van der Waals surface area (Å²) in [5.74, 6) is -1.13. The van der Waals surface area contributed by atoms with Gasteiger partial charge in [-0.25, -0.2) is 9.59 Å². The van der Waals surface area contributed by atoms with E-state index in [1.54, 1.807) is 7.11 Å². The molecule has 0 spiro atoms. The van der Waals surface area contributed by atoms with Crippen molar-refractivity contribution in [2.45, 2.75) is 19.4 Å². The summed E-state index contributed by atoms with van der Waals surface area (Å²) in [6.45, 7) is 2.35. The Morgan fingerprint density at radius 3 is 2.75 bits per heavy atom. The van der Waals surface area contributed by atoms with Crippen LogP contribution in [0.2, 0.25) is 5.02 Å². The lowest BCUT2D eigenvalue weighted by atomic mass is 10.2.